The molecule has 1 saturated heterocycles. The topological polar surface area (TPSA) is 98.2 Å². The fourth-order valence-electron chi connectivity index (χ4n) is 4.46. The van der Waals surface area contributed by atoms with E-state index in [1.54, 1.807) is 68.8 Å². The number of benzene rings is 3. The van der Waals surface area contributed by atoms with E-state index in [0.717, 1.165) is 10.3 Å². The molecule has 1 aliphatic heterocycles. The van der Waals surface area contributed by atoms with Gasteiger partial charge in [0.25, 0.3) is 5.78 Å². The van der Waals surface area contributed by atoms with Crippen LogP contribution in [0.5, 0.6) is 17.2 Å². The zero-order valence-corrected chi connectivity index (χ0v) is 21.5. The Bertz CT molecular complexity index is 1570. The number of hydrogen-bond acceptors (Lipinski definition) is 8. The number of thiazole rings is 1. The summed E-state index contributed by atoms with van der Waals surface area (Å²) < 4.78 is 16.8. The highest BCUT2D eigenvalue weighted by Crippen LogP contribution is 2.45. The van der Waals surface area contributed by atoms with Crippen molar-refractivity contribution in [1.29, 1.82) is 0 Å². The van der Waals surface area contributed by atoms with Gasteiger partial charge in [-0.3, -0.25) is 14.5 Å². The zero-order chi connectivity index (χ0) is 26.3. The van der Waals surface area contributed by atoms with Gasteiger partial charge in [0.05, 0.1) is 43.2 Å². The molecule has 1 N–H and O–H groups in total. The molecule has 0 spiro atoms. The molecular weight excluding hydrogens is 492 g/mol. The van der Waals surface area contributed by atoms with E-state index in [4.69, 9.17) is 14.2 Å². The fourth-order valence-corrected chi connectivity index (χ4v) is 5.48. The number of carbonyl (C=O) groups excluding carboxylic acids is 2. The number of ether oxygens (including phenoxy) is 3. The summed E-state index contributed by atoms with van der Waals surface area (Å²) in [7, 11) is 4.67. The number of hydrogen-bond donors (Lipinski definition) is 1. The highest BCUT2D eigenvalue weighted by Gasteiger charge is 2.48. The van der Waals surface area contributed by atoms with E-state index in [0.29, 0.717) is 39.0 Å². The summed E-state index contributed by atoms with van der Waals surface area (Å²) >= 11 is 1.26. The van der Waals surface area contributed by atoms with E-state index in [9.17, 15) is 14.7 Å². The molecule has 8 nitrogen and oxygen atoms in total. The Balaban J connectivity index is 1.72. The van der Waals surface area contributed by atoms with E-state index in [1.807, 2.05) is 13.0 Å². The summed E-state index contributed by atoms with van der Waals surface area (Å²) in [5.74, 6) is 0.0103. The van der Waals surface area contributed by atoms with Crippen LogP contribution in [0.25, 0.3) is 16.0 Å². The van der Waals surface area contributed by atoms with Crippen LogP contribution >= 0.6 is 11.3 Å². The monoisotopic (exact) mass is 516 g/mol. The number of fused-ring (bicyclic) bond motifs is 1. The number of carbonyl (C=O) groups is 2. The number of aromatic nitrogens is 1. The zero-order valence-electron chi connectivity index (χ0n) is 20.6. The van der Waals surface area contributed by atoms with E-state index < -0.39 is 17.7 Å². The summed E-state index contributed by atoms with van der Waals surface area (Å²) in [6.45, 7) is 1.84. The number of aliphatic hydroxyl groups is 1. The third-order valence-electron chi connectivity index (χ3n) is 6.31. The Morgan fingerprint density at radius 3 is 2.41 bits per heavy atom. The van der Waals surface area contributed by atoms with Crippen LogP contribution in [0.1, 0.15) is 22.7 Å². The molecule has 4 aromatic rings. The normalized spacial score (nSPS) is 16.9. The SMILES string of the molecule is COc1cccc(C2/C(=C(\O)c3ccc(OC)c(C)c3)C(=O)C(=O)N2c2nc3ccc(OC)cc3s2)c1. The summed E-state index contributed by atoms with van der Waals surface area (Å²) in [6.07, 6.45) is 0. The number of methoxy groups -OCH3 is 3. The molecule has 3 aromatic carbocycles. The number of anilines is 1. The number of aryl methyl sites for hydroxylation is 1. The van der Waals surface area contributed by atoms with E-state index in [2.05, 4.69) is 4.98 Å². The number of Topliss-reactive ketones (excluding diaryl/α,β-unsaturated/α-hetero) is 1. The third-order valence-corrected chi connectivity index (χ3v) is 7.33. The molecule has 0 radical (unpaired) electrons. The maximum absolute atomic E-state index is 13.5. The quantitative estimate of drug-likeness (QED) is 0.212. The van der Waals surface area contributed by atoms with Crippen LogP contribution in [0.3, 0.4) is 0 Å². The second-order valence-electron chi connectivity index (χ2n) is 8.46. The maximum atomic E-state index is 13.5. The predicted molar refractivity (Wildman–Crippen MR) is 142 cm³/mol. The number of aliphatic hydroxyl groups excluding tert-OH is 1. The average Bonchev–Trinajstić information content (AvgIpc) is 3.45. The molecule has 1 fully saturated rings. The van der Waals surface area contributed by atoms with Crippen molar-refractivity contribution in [3.63, 3.8) is 0 Å². The van der Waals surface area contributed by atoms with Gasteiger partial charge in [0.2, 0.25) is 0 Å². The van der Waals surface area contributed by atoms with Gasteiger partial charge in [-0.1, -0.05) is 23.5 Å². The first-order valence-corrected chi connectivity index (χ1v) is 12.2. The molecule has 5 rings (SSSR count). The molecule has 1 aliphatic rings. The van der Waals surface area contributed by atoms with Gasteiger partial charge in [0, 0.05) is 5.56 Å². The minimum atomic E-state index is -0.917. The number of nitrogens with zero attached hydrogens (tertiary/aromatic N) is 2. The first-order chi connectivity index (χ1) is 17.9. The summed E-state index contributed by atoms with van der Waals surface area (Å²) in [6, 6.07) is 16.6. The summed E-state index contributed by atoms with van der Waals surface area (Å²) in [5, 5.41) is 11.7. The lowest BCUT2D eigenvalue weighted by Crippen LogP contribution is -2.29. The molecule has 1 unspecified atom stereocenters. The van der Waals surface area contributed by atoms with Crippen LogP contribution in [0.4, 0.5) is 5.13 Å². The summed E-state index contributed by atoms with van der Waals surface area (Å²) in [4.78, 5) is 32.9. The minimum Gasteiger partial charge on any atom is -0.507 e. The van der Waals surface area contributed by atoms with Crippen molar-refractivity contribution in [3.8, 4) is 17.2 Å². The van der Waals surface area contributed by atoms with Gasteiger partial charge in [-0.25, -0.2) is 4.98 Å². The second kappa shape index (κ2) is 9.59. The van der Waals surface area contributed by atoms with Gasteiger partial charge in [0.1, 0.15) is 23.0 Å². The van der Waals surface area contributed by atoms with Gasteiger partial charge in [-0.15, -0.1) is 0 Å². The van der Waals surface area contributed by atoms with Crippen LogP contribution in [0.2, 0.25) is 0 Å². The highest BCUT2D eigenvalue weighted by molar-refractivity contribution is 7.22. The first kappa shape index (κ1) is 24.3. The molecule has 1 aromatic heterocycles. The third kappa shape index (κ3) is 4.17. The molecule has 1 amide bonds. The molecule has 188 valence electrons. The lowest BCUT2D eigenvalue weighted by Gasteiger charge is -2.23. The molecule has 9 heteroatoms. The van der Waals surface area contributed by atoms with Crippen LogP contribution in [0.15, 0.2) is 66.2 Å². The standard InChI is InChI=1S/C28H24N2O6S/c1-15-12-17(8-11-21(15)36-4)25(31)23-24(16-6-5-7-18(13-16)34-2)30(27(33)26(23)32)28-29-20-10-9-19(35-3)14-22(20)37-28/h5-14,24,31H,1-4H3/b25-23+. The highest BCUT2D eigenvalue weighted by atomic mass is 32.1. The van der Waals surface area contributed by atoms with Crippen LogP contribution in [-0.4, -0.2) is 43.1 Å². The molecule has 37 heavy (non-hydrogen) atoms. The van der Waals surface area contributed by atoms with Gasteiger partial charge >= 0.3 is 5.91 Å². The van der Waals surface area contributed by atoms with Crippen LogP contribution in [0, 0.1) is 6.92 Å². The summed E-state index contributed by atoms with van der Waals surface area (Å²) in [5.41, 5.74) is 2.41. The van der Waals surface area contributed by atoms with E-state index in [-0.39, 0.29) is 11.3 Å². The minimum absolute atomic E-state index is 0.0281. The Morgan fingerprint density at radius 1 is 0.946 bits per heavy atom. The van der Waals surface area contributed by atoms with Gasteiger partial charge < -0.3 is 19.3 Å². The van der Waals surface area contributed by atoms with Gasteiger partial charge in [0.15, 0.2) is 5.13 Å². The smallest absolute Gasteiger partial charge is 0.301 e. The molecule has 0 bridgehead atoms. The van der Waals surface area contributed by atoms with Crippen molar-refractivity contribution in [3.05, 3.63) is 82.9 Å². The molecule has 2 heterocycles. The number of amides is 1. The first-order valence-electron chi connectivity index (χ1n) is 11.4. The molecule has 0 aliphatic carbocycles. The van der Waals surface area contributed by atoms with E-state index in [1.165, 1.54) is 23.3 Å². The molecule has 1 atom stereocenters. The van der Waals surface area contributed by atoms with Crippen molar-refractivity contribution < 1.29 is 28.9 Å². The van der Waals surface area contributed by atoms with E-state index >= 15 is 0 Å². The Labute approximate surface area is 217 Å². The number of rotatable bonds is 6. The lowest BCUT2D eigenvalue weighted by molar-refractivity contribution is -0.132. The van der Waals surface area contributed by atoms with Crippen LogP contribution in [-0.2, 0) is 9.59 Å². The second-order valence-corrected chi connectivity index (χ2v) is 9.47. The Morgan fingerprint density at radius 2 is 1.70 bits per heavy atom. The van der Waals surface area contributed by atoms with Crippen molar-refractivity contribution >= 4 is 44.1 Å². The predicted octanol–water partition coefficient (Wildman–Crippen LogP) is 5.26. The van der Waals surface area contributed by atoms with Crippen LogP contribution < -0.4 is 19.1 Å². The molecular formula is C28H24N2O6S. The van der Waals surface area contributed by atoms with Gasteiger partial charge in [-0.2, -0.15) is 0 Å². The molecule has 0 saturated carbocycles. The van der Waals surface area contributed by atoms with Crippen molar-refractivity contribution in [2.24, 2.45) is 0 Å². The van der Waals surface area contributed by atoms with Crippen molar-refractivity contribution in [2.45, 2.75) is 13.0 Å². The van der Waals surface area contributed by atoms with Crippen molar-refractivity contribution in [2.75, 3.05) is 26.2 Å². The van der Waals surface area contributed by atoms with Crippen molar-refractivity contribution in [1.82, 2.24) is 4.98 Å². The maximum Gasteiger partial charge on any atom is 0.301 e. The largest absolute Gasteiger partial charge is 0.507 e. The lowest BCUT2D eigenvalue weighted by atomic mass is 9.94. The van der Waals surface area contributed by atoms with Gasteiger partial charge in [-0.05, 0) is 66.6 Å². The fraction of sp³-hybridized carbons (Fsp3) is 0.179. The Kier molecular flexibility index (Phi) is 6.31. The number of ketones is 1. The average molecular weight is 517 g/mol. The Hall–Kier alpha value is -4.37.